The average molecular weight is 347 g/mol. The fourth-order valence-corrected chi connectivity index (χ4v) is 3.11. The first-order valence-corrected chi connectivity index (χ1v) is 8.89. The van der Waals surface area contributed by atoms with Gasteiger partial charge in [0.1, 0.15) is 18.1 Å². The molecule has 26 heavy (non-hydrogen) atoms. The number of rotatable bonds is 8. The lowest BCUT2D eigenvalue weighted by Gasteiger charge is -2.18. The van der Waals surface area contributed by atoms with Crippen molar-refractivity contribution in [3.05, 3.63) is 95.6 Å². The maximum atomic E-state index is 6.06. The van der Waals surface area contributed by atoms with E-state index >= 15 is 0 Å². The summed E-state index contributed by atoms with van der Waals surface area (Å²) in [5.74, 6) is 1.97. The molecule has 0 saturated carbocycles. The summed E-state index contributed by atoms with van der Waals surface area (Å²) in [6.45, 7) is 1.13. The van der Waals surface area contributed by atoms with Gasteiger partial charge in [-0.05, 0) is 47.9 Å². The molecule has 0 aromatic heterocycles. The minimum absolute atomic E-state index is 0.204. The fourth-order valence-electron chi connectivity index (χ4n) is 3.11. The zero-order valence-corrected chi connectivity index (χ0v) is 15.1. The molecule has 3 aromatic rings. The van der Waals surface area contributed by atoms with Gasteiger partial charge in [-0.3, -0.25) is 0 Å². The standard InChI is InChI=1S/C23H25NO2/c1-25-23-13-6-5-12-22(23)20(16-24)14-19-10-7-11-21(15-19)26-17-18-8-3-2-4-9-18/h2-13,15,20H,14,16-17,24H2,1H3. The van der Waals surface area contributed by atoms with E-state index in [1.54, 1.807) is 7.11 Å². The second-order valence-electron chi connectivity index (χ2n) is 6.30. The molecule has 0 bridgehead atoms. The van der Waals surface area contributed by atoms with Crippen molar-refractivity contribution in [3.8, 4) is 11.5 Å². The summed E-state index contributed by atoms with van der Waals surface area (Å²) in [6, 6.07) is 26.5. The lowest BCUT2D eigenvalue weighted by Crippen LogP contribution is -2.16. The normalized spacial score (nSPS) is 11.8. The third kappa shape index (κ3) is 4.64. The monoisotopic (exact) mass is 347 g/mol. The van der Waals surface area contributed by atoms with Crippen molar-refractivity contribution in [2.75, 3.05) is 13.7 Å². The Morgan fingerprint density at radius 2 is 1.58 bits per heavy atom. The molecule has 134 valence electrons. The predicted molar refractivity (Wildman–Crippen MR) is 106 cm³/mol. The topological polar surface area (TPSA) is 44.5 Å². The van der Waals surface area contributed by atoms with Crippen LogP contribution in [0.4, 0.5) is 0 Å². The van der Waals surface area contributed by atoms with Crippen LogP contribution in [0, 0.1) is 0 Å². The number of hydrogen-bond acceptors (Lipinski definition) is 3. The summed E-state index contributed by atoms with van der Waals surface area (Å²) >= 11 is 0. The number of nitrogens with two attached hydrogens (primary N) is 1. The minimum Gasteiger partial charge on any atom is -0.496 e. The van der Waals surface area contributed by atoms with Gasteiger partial charge in [0.2, 0.25) is 0 Å². The van der Waals surface area contributed by atoms with Gasteiger partial charge < -0.3 is 15.2 Å². The number of ether oxygens (including phenoxy) is 2. The third-order valence-electron chi connectivity index (χ3n) is 4.49. The van der Waals surface area contributed by atoms with Gasteiger partial charge in [-0.2, -0.15) is 0 Å². The Balaban J connectivity index is 1.71. The molecule has 0 heterocycles. The summed E-state index contributed by atoms with van der Waals surface area (Å²) in [5.41, 5.74) is 9.57. The molecule has 3 heteroatoms. The van der Waals surface area contributed by atoms with Crippen molar-refractivity contribution in [3.63, 3.8) is 0 Å². The average Bonchev–Trinajstić information content (AvgIpc) is 2.71. The molecule has 0 saturated heterocycles. The van der Waals surface area contributed by atoms with Gasteiger partial charge in [-0.15, -0.1) is 0 Å². The van der Waals surface area contributed by atoms with Crippen molar-refractivity contribution in [1.29, 1.82) is 0 Å². The molecule has 0 aliphatic rings. The van der Waals surface area contributed by atoms with E-state index in [4.69, 9.17) is 15.2 Å². The summed E-state index contributed by atoms with van der Waals surface area (Å²) < 4.78 is 11.4. The predicted octanol–water partition coefficient (Wildman–Crippen LogP) is 4.56. The molecule has 0 spiro atoms. The number of para-hydroxylation sites is 1. The SMILES string of the molecule is COc1ccccc1C(CN)Cc1cccc(OCc2ccccc2)c1. The van der Waals surface area contributed by atoms with Crippen molar-refractivity contribution >= 4 is 0 Å². The minimum atomic E-state index is 0.204. The van der Waals surface area contributed by atoms with Crippen LogP contribution in [0.5, 0.6) is 11.5 Å². The molecule has 3 aromatic carbocycles. The molecule has 3 nitrogen and oxygen atoms in total. The van der Waals surface area contributed by atoms with Crippen LogP contribution in [0.2, 0.25) is 0 Å². The van der Waals surface area contributed by atoms with Gasteiger partial charge in [0.15, 0.2) is 0 Å². The summed E-state index contributed by atoms with van der Waals surface area (Å²) in [7, 11) is 1.70. The van der Waals surface area contributed by atoms with Crippen LogP contribution < -0.4 is 15.2 Å². The Morgan fingerprint density at radius 1 is 0.846 bits per heavy atom. The Morgan fingerprint density at radius 3 is 2.35 bits per heavy atom. The highest BCUT2D eigenvalue weighted by molar-refractivity contribution is 5.38. The molecule has 0 aliphatic carbocycles. The Kier molecular flexibility index (Phi) is 6.29. The first-order valence-electron chi connectivity index (χ1n) is 8.89. The summed E-state index contributed by atoms with van der Waals surface area (Å²) in [4.78, 5) is 0. The van der Waals surface area contributed by atoms with E-state index in [0.29, 0.717) is 13.2 Å². The maximum Gasteiger partial charge on any atom is 0.122 e. The van der Waals surface area contributed by atoms with E-state index < -0.39 is 0 Å². The quantitative estimate of drug-likeness (QED) is 0.650. The first-order chi connectivity index (χ1) is 12.8. The van der Waals surface area contributed by atoms with Crippen LogP contribution in [-0.4, -0.2) is 13.7 Å². The Hall–Kier alpha value is -2.78. The Labute approximate surface area is 155 Å². The van der Waals surface area contributed by atoms with Gasteiger partial charge in [-0.25, -0.2) is 0 Å². The van der Waals surface area contributed by atoms with Crippen LogP contribution >= 0.6 is 0 Å². The van der Waals surface area contributed by atoms with E-state index in [2.05, 4.69) is 30.3 Å². The van der Waals surface area contributed by atoms with E-state index in [1.807, 2.05) is 48.5 Å². The first kappa shape index (κ1) is 18.0. The van der Waals surface area contributed by atoms with Gasteiger partial charge in [0.25, 0.3) is 0 Å². The van der Waals surface area contributed by atoms with E-state index in [9.17, 15) is 0 Å². The van der Waals surface area contributed by atoms with Gasteiger partial charge in [-0.1, -0.05) is 60.7 Å². The van der Waals surface area contributed by atoms with Crippen molar-refractivity contribution in [2.45, 2.75) is 18.9 Å². The van der Waals surface area contributed by atoms with Crippen LogP contribution in [0.3, 0.4) is 0 Å². The van der Waals surface area contributed by atoms with Crippen molar-refractivity contribution < 1.29 is 9.47 Å². The van der Waals surface area contributed by atoms with Crippen molar-refractivity contribution in [2.24, 2.45) is 5.73 Å². The molecule has 3 rings (SSSR count). The molecule has 0 radical (unpaired) electrons. The molecule has 0 amide bonds. The number of methoxy groups -OCH3 is 1. The van der Waals surface area contributed by atoms with Gasteiger partial charge in [0.05, 0.1) is 7.11 Å². The largest absolute Gasteiger partial charge is 0.496 e. The second kappa shape index (κ2) is 9.07. The summed E-state index contributed by atoms with van der Waals surface area (Å²) in [6.07, 6.45) is 0.847. The van der Waals surface area contributed by atoms with E-state index in [-0.39, 0.29) is 5.92 Å². The fraction of sp³-hybridized carbons (Fsp3) is 0.217. The molecular formula is C23H25NO2. The zero-order valence-electron chi connectivity index (χ0n) is 15.1. The maximum absolute atomic E-state index is 6.06. The van der Waals surface area contributed by atoms with Gasteiger partial charge in [0, 0.05) is 5.92 Å². The molecule has 2 N–H and O–H groups in total. The van der Waals surface area contributed by atoms with Crippen LogP contribution in [0.25, 0.3) is 0 Å². The van der Waals surface area contributed by atoms with Crippen LogP contribution in [0.15, 0.2) is 78.9 Å². The third-order valence-corrected chi connectivity index (χ3v) is 4.49. The summed E-state index contributed by atoms with van der Waals surface area (Å²) in [5, 5.41) is 0. The highest BCUT2D eigenvalue weighted by Gasteiger charge is 2.15. The smallest absolute Gasteiger partial charge is 0.122 e. The van der Waals surface area contributed by atoms with E-state index in [1.165, 1.54) is 5.56 Å². The lowest BCUT2D eigenvalue weighted by atomic mass is 9.91. The number of benzene rings is 3. The van der Waals surface area contributed by atoms with Crippen LogP contribution in [-0.2, 0) is 13.0 Å². The number of hydrogen-bond donors (Lipinski definition) is 1. The van der Waals surface area contributed by atoms with Gasteiger partial charge >= 0.3 is 0 Å². The molecule has 1 unspecified atom stereocenters. The molecular weight excluding hydrogens is 322 g/mol. The molecule has 0 aliphatic heterocycles. The van der Waals surface area contributed by atoms with E-state index in [0.717, 1.165) is 29.0 Å². The second-order valence-corrected chi connectivity index (χ2v) is 6.30. The van der Waals surface area contributed by atoms with Crippen molar-refractivity contribution in [1.82, 2.24) is 0 Å². The molecule has 0 fully saturated rings. The lowest BCUT2D eigenvalue weighted by molar-refractivity contribution is 0.306. The highest BCUT2D eigenvalue weighted by Crippen LogP contribution is 2.29. The highest BCUT2D eigenvalue weighted by atomic mass is 16.5. The molecule has 1 atom stereocenters. The van der Waals surface area contributed by atoms with Crippen LogP contribution in [0.1, 0.15) is 22.6 Å². The zero-order chi connectivity index (χ0) is 18.2. The Bertz CT molecular complexity index is 817.